The summed E-state index contributed by atoms with van der Waals surface area (Å²) in [6, 6.07) is 3.74. The van der Waals surface area contributed by atoms with Gasteiger partial charge in [0.25, 0.3) is 0 Å². The van der Waals surface area contributed by atoms with Crippen LogP contribution in [0.15, 0.2) is 23.2 Å². The van der Waals surface area contributed by atoms with E-state index >= 15 is 0 Å². The number of nitrogens with zero attached hydrogens (tertiary/aromatic N) is 2. The number of halogens is 2. The van der Waals surface area contributed by atoms with Crippen LogP contribution in [0.4, 0.5) is 8.78 Å². The first-order chi connectivity index (χ1) is 13.4. The molecule has 1 saturated carbocycles. The smallest absolute Gasteiger partial charge is 0.243 e. The largest absolute Gasteiger partial charge is 0.376 e. The molecule has 1 aliphatic carbocycles. The minimum Gasteiger partial charge on any atom is -0.376 e. The van der Waals surface area contributed by atoms with Gasteiger partial charge in [-0.3, -0.25) is 4.79 Å². The molecular weight excluding hydrogens is 366 g/mol. The molecule has 1 amide bonds. The maximum Gasteiger partial charge on any atom is 0.243 e. The fraction of sp³-hybridized carbons (Fsp3) is 0.600. The summed E-state index contributed by atoms with van der Waals surface area (Å²) in [5.74, 6) is -0.705. The van der Waals surface area contributed by atoms with E-state index in [1.165, 1.54) is 17.0 Å². The van der Waals surface area contributed by atoms with E-state index in [1.807, 2.05) is 0 Å². The van der Waals surface area contributed by atoms with Gasteiger partial charge in [-0.1, -0.05) is 6.07 Å². The molecule has 1 atom stereocenters. The lowest BCUT2D eigenvalue weighted by Crippen LogP contribution is -2.44. The summed E-state index contributed by atoms with van der Waals surface area (Å²) >= 11 is 0. The average molecular weight is 394 g/mol. The Labute approximate surface area is 164 Å². The van der Waals surface area contributed by atoms with Gasteiger partial charge in [-0.25, -0.2) is 13.8 Å². The fourth-order valence-corrected chi connectivity index (χ4v) is 3.34. The van der Waals surface area contributed by atoms with Crippen LogP contribution >= 0.6 is 0 Å². The highest BCUT2D eigenvalue weighted by Crippen LogP contribution is 2.48. The number of aliphatic imine (C=N–C) groups is 1. The highest BCUT2D eigenvalue weighted by molar-refractivity contribution is 5.84. The van der Waals surface area contributed by atoms with Crippen molar-refractivity contribution in [1.29, 1.82) is 0 Å². The van der Waals surface area contributed by atoms with E-state index in [1.54, 1.807) is 14.1 Å². The summed E-state index contributed by atoms with van der Waals surface area (Å²) in [5.41, 5.74) is 0.152. The van der Waals surface area contributed by atoms with Crippen molar-refractivity contribution in [1.82, 2.24) is 15.5 Å². The maximum atomic E-state index is 14.2. The standard InChI is InChI=1S/C20H28F2N4O2/c1-26(2)18(27)12-24-19(23-11-15-4-3-9-28-15)25-13-20(7-8-20)16-6-5-14(21)10-17(16)22/h5-6,10,15H,3-4,7-9,11-13H2,1-2H3,(H2,23,24,25). The molecule has 1 aromatic rings. The third-order valence-electron chi connectivity index (χ3n) is 5.34. The van der Waals surface area contributed by atoms with Gasteiger partial charge in [0.2, 0.25) is 5.91 Å². The molecular formula is C20H28F2N4O2. The van der Waals surface area contributed by atoms with Crippen LogP contribution in [-0.2, 0) is 14.9 Å². The summed E-state index contributed by atoms with van der Waals surface area (Å²) in [6.45, 7) is 1.84. The predicted octanol–water partition coefficient (Wildman–Crippen LogP) is 1.80. The van der Waals surface area contributed by atoms with Crippen molar-refractivity contribution in [2.75, 3.05) is 40.3 Å². The Morgan fingerprint density at radius 2 is 2.11 bits per heavy atom. The number of likely N-dealkylation sites (N-methyl/N-ethyl adjacent to an activating group) is 1. The minimum atomic E-state index is -0.576. The van der Waals surface area contributed by atoms with Crippen molar-refractivity contribution >= 4 is 11.9 Å². The maximum absolute atomic E-state index is 14.2. The lowest BCUT2D eigenvalue weighted by Gasteiger charge is -2.21. The Balaban J connectivity index is 1.64. The molecule has 1 unspecified atom stereocenters. The molecule has 0 spiro atoms. The molecule has 0 aromatic heterocycles. The Morgan fingerprint density at radius 1 is 1.32 bits per heavy atom. The van der Waals surface area contributed by atoms with Crippen LogP contribution in [0.3, 0.4) is 0 Å². The molecule has 0 bridgehead atoms. The van der Waals surface area contributed by atoms with Crippen molar-refractivity contribution in [2.45, 2.75) is 37.2 Å². The van der Waals surface area contributed by atoms with Gasteiger partial charge in [0, 0.05) is 45.3 Å². The minimum absolute atomic E-state index is 0.0196. The van der Waals surface area contributed by atoms with Crippen molar-refractivity contribution in [3.05, 3.63) is 35.4 Å². The molecule has 1 aromatic carbocycles. The highest BCUT2D eigenvalue weighted by Gasteiger charge is 2.46. The van der Waals surface area contributed by atoms with Gasteiger partial charge >= 0.3 is 0 Å². The number of benzene rings is 1. The Morgan fingerprint density at radius 3 is 2.71 bits per heavy atom. The van der Waals surface area contributed by atoms with Gasteiger partial charge in [0.15, 0.2) is 5.96 Å². The van der Waals surface area contributed by atoms with Crippen molar-refractivity contribution in [3.8, 4) is 0 Å². The number of ether oxygens (including phenoxy) is 1. The first-order valence-electron chi connectivity index (χ1n) is 9.69. The van der Waals surface area contributed by atoms with Crippen LogP contribution < -0.4 is 10.6 Å². The third-order valence-corrected chi connectivity index (χ3v) is 5.34. The summed E-state index contributed by atoms with van der Waals surface area (Å²) in [4.78, 5) is 17.7. The second kappa shape index (κ2) is 8.86. The normalized spacial score (nSPS) is 20.7. The number of hydrogen-bond acceptors (Lipinski definition) is 3. The van der Waals surface area contributed by atoms with E-state index < -0.39 is 11.6 Å². The van der Waals surface area contributed by atoms with Gasteiger partial charge in [-0.15, -0.1) is 0 Å². The molecule has 1 saturated heterocycles. The molecule has 6 nitrogen and oxygen atoms in total. The van der Waals surface area contributed by atoms with Crippen LogP contribution in [0.5, 0.6) is 0 Å². The van der Waals surface area contributed by atoms with Crippen molar-refractivity contribution < 1.29 is 18.3 Å². The monoisotopic (exact) mass is 394 g/mol. The lowest BCUT2D eigenvalue weighted by atomic mass is 9.95. The molecule has 154 valence electrons. The number of nitrogens with one attached hydrogen (secondary N) is 2. The zero-order valence-corrected chi connectivity index (χ0v) is 16.4. The van der Waals surface area contributed by atoms with Gasteiger partial charge in [0.1, 0.15) is 18.2 Å². The second-order valence-electron chi connectivity index (χ2n) is 7.73. The Kier molecular flexibility index (Phi) is 6.49. The number of carbonyl (C=O) groups is 1. The second-order valence-corrected chi connectivity index (χ2v) is 7.73. The zero-order chi connectivity index (χ0) is 20.1. The predicted molar refractivity (Wildman–Crippen MR) is 103 cm³/mol. The molecule has 1 heterocycles. The molecule has 2 fully saturated rings. The quantitative estimate of drug-likeness (QED) is 0.547. The van der Waals surface area contributed by atoms with Crippen molar-refractivity contribution in [3.63, 3.8) is 0 Å². The van der Waals surface area contributed by atoms with Crippen LogP contribution in [0.2, 0.25) is 0 Å². The fourth-order valence-electron chi connectivity index (χ4n) is 3.34. The van der Waals surface area contributed by atoms with E-state index in [-0.39, 0.29) is 24.0 Å². The van der Waals surface area contributed by atoms with E-state index in [4.69, 9.17) is 4.74 Å². The summed E-state index contributed by atoms with van der Waals surface area (Å²) in [7, 11) is 3.36. The van der Waals surface area contributed by atoms with Crippen molar-refractivity contribution in [2.24, 2.45) is 4.99 Å². The molecule has 28 heavy (non-hydrogen) atoms. The molecule has 8 heteroatoms. The first-order valence-corrected chi connectivity index (χ1v) is 9.69. The summed E-state index contributed by atoms with van der Waals surface area (Å²) < 4.78 is 33.1. The van der Waals surface area contributed by atoms with E-state index in [9.17, 15) is 13.6 Å². The van der Waals surface area contributed by atoms with Crippen LogP contribution in [0.25, 0.3) is 0 Å². The topological polar surface area (TPSA) is 66.0 Å². The van der Waals surface area contributed by atoms with E-state index in [2.05, 4.69) is 15.6 Å². The highest BCUT2D eigenvalue weighted by atomic mass is 19.1. The SMILES string of the molecule is CN(C)C(=O)CN=C(NCC1CCCO1)NCC1(c2ccc(F)cc2F)CC1. The molecule has 2 aliphatic rings. The van der Waals surface area contributed by atoms with Crippen LogP contribution in [0.1, 0.15) is 31.2 Å². The van der Waals surface area contributed by atoms with Crippen LogP contribution in [0, 0.1) is 11.6 Å². The number of amides is 1. The number of guanidine groups is 1. The summed E-state index contributed by atoms with van der Waals surface area (Å²) in [6.07, 6.45) is 3.79. The van der Waals surface area contributed by atoms with Gasteiger partial charge in [0.05, 0.1) is 6.10 Å². The Bertz CT molecular complexity index is 729. The van der Waals surface area contributed by atoms with Gasteiger partial charge in [-0.2, -0.15) is 0 Å². The van der Waals surface area contributed by atoms with E-state index in [0.717, 1.165) is 38.4 Å². The molecule has 3 rings (SSSR count). The average Bonchev–Trinajstić information content (AvgIpc) is 3.24. The molecule has 0 radical (unpaired) electrons. The third kappa shape index (κ3) is 5.19. The lowest BCUT2D eigenvalue weighted by molar-refractivity contribution is -0.127. The zero-order valence-electron chi connectivity index (χ0n) is 16.4. The first kappa shape index (κ1) is 20.5. The number of rotatable bonds is 7. The number of carbonyl (C=O) groups excluding carboxylic acids is 1. The van der Waals surface area contributed by atoms with E-state index in [0.29, 0.717) is 24.6 Å². The van der Waals surface area contributed by atoms with Gasteiger partial charge < -0.3 is 20.3 Å². The number of hydrogen-bond donors (Lipinski definition) is 2. The molecule has 2 N–H and O–H groups in total. The Hall–Kier alpha value is -2.22. The summed E-state index contributed by atoms with van der Waals surface area (Å²) in [5, 5.41) is 6.45. The van der Waals surface area contributed by atoms with Crippen LogP contribution in [-0.4, -0.2) is 63.2 Å². The van der Waals surface area contributed by atoms with Gasteiger partial charge in [-0.05, 0) is 37.3 Å². The molecule has 1 aliphatic heterocycles.